The van der Waals surface area contributed by atoms with Crippen LogP contribution in [0, 0.1) is 5.92 Å². The summed E-state index contributed by atoms with van der Waals surface area (Å²) in [5, 5.41) is 12.0. The third-order valence-electron chi connectivity index (χ3n) is 6.15. The molecule has 0 aliphatic carbocycles. The lowest BCUT2D eigenvalue weighted by Gasteiger charge is -2.23. The summed E-state index contributed by atoms with van der Waals surface area (Å²) in [6.07, 6.45) is 4.05. The van der Waals surface area contributed by atoms with Gasteiger partial charge in [0.2, 0.25) is 0 Å². The molecule has 3 heterocycles. The van der Waals surface area contributed by atoms with Crippen LogP contribution in [0.15, 0.2) is 59.5 Å². The maximum Gasteiger partial charge on any atom is 0.250 e. The Labute approximate surface area is 208 Å². The van der Waals surface area contributed by atoms with Gasteiger partial charge in [-0.05, 0) is 78.9 Å². The highest BCUT2D eigenvalue weighted by Gasteiger charge is 2.17. The van der Waals surface area contributed by atoms with Gasteiger partial charge in [0.15, 0.2) is 5.82 Å². The predicted molar refractivity (Wildman–Crippen MR) is 139 cm³/mol. The third kappa shape index (κ3) is 5.22. The highest BCUT2D eigenvalue weighted by atomic mass is 35.5. The lowest BCUT2D eigenvalue weighted by atomic mass is 9.99. The molecule has 1 aliphatic rings. The molecule has 0 atom stereocenters. The van der Waals surface area contributed by atoms with Gasteiger partial charge in [-0.25, -0.2) is 0 Å². The van der Waals surface area contributed by atoms with Crippen LogP contribution in [0.3, 0.4) is 0 Å². The summed E-state index contributed by atoms with van der Waals surface area (Å²) < 4.78 is 7.95. The number of aromatic amines is 1. The zero-order chi connectivity index (χ0) is 22.8. The number of piperidine rings is 1. The summed E-state index contributed by atoms with van der Waals surface area (Å²) in [4.78, 5) is 12.5. The Morgan fingerprint density at radius 2 is 1.94 bits per heavy atom. The van der Waals surface area contributed by atoms with E-state index in [1.165, 1.54) is 0 Å². The molecule has 4 aromatic rings. The van der Waals surface area contributed by atoms with Crippen molar-refractivity contribution in [1.82, 2.24) is 20.1 Å². The number of H-pyrrole nitrogens is 1. The Morgan fingerprint density at radius 3 is 2.74 bits per heavy atom. The molecule has 2 aromatic carbocycles. The number of hydrogen-bond acceptors (Lipinski definition) is 5. The molecule has 0 amide bonds. The van der Waals surface area contributed by atoms with Crippen molar-refractivity contribution in [1.29, 1.82) is 0 Å². The SMILES string of the molecule is Cl.Nc1n[nH]c2cc(-c3ccc(=O)n(Cc4cccc(Cl)c4)c3)cc(OCC3CCNCC3)c12. The molecule has 0 radical (unpaired) electrons. The fourth-order valence-electron chi connectivity index (χ4n) is 4.34. The van der Waals surface area contributed by atoms with E-state index in [1.807, 2.05) is 48.7 Å². The van der Waals surface area contributed by atoms with Crippen LogP contribution < -0.4 is 21.3 Å². The molecule has 0 bridgehead atoms. The molecular formula is C25H27Cl2N5O2. The van der Waals surface area contributed by atoms with E-state index >= 15 is 0 Å². The van der Waals surface area contributed by atoms with E-state index in [-0.39, 0.29) is 18.0 Å². The molecule has 5 rings (SSSR count). The molecule has 1 fully saturated rings. The summed E-state index contributed by atoms with van der Waals surface area (Å²) in [6.45, 7) is 3.11. The molecule has 1 aliphatic heterocycles. The van der Waals surface area contributed by atoms with Crippen LogP contribution in [0.2, 0.25) is 5.02 Å². The number of nitrogens with one attached hydrogen (secondary N) is 2. The van der Waals surface area contributed by atoms with Gasteiger partial charge in [-0.3, -0.25) is 9.89 Å². The summed E-state index contributed by atoms with van der Waals surface area (Å²) in [7, 11) is 0. The van der Waals surface area contributed by atoms with Crippen molar-refractivity contribution in [2.45, 2.75) is 19.4 Å². The number of ether oxygens (including phenoxy) is 1. The van der Waals surface area contributed by atoms with Crippen LogP contribution in [0.25, 0.3) is 22.0 Å². The van der Waals surface area contributed by atoms with Gasteiger partial charge in [0, 0.05) is 17.3 Å². The second-order valence-corrected chi connectivity index (χ2v) is 8.96. The molecule has 2 aromatic heterocycles. The van der Waals surface area contributed by atoms with E-state index in [0.29, 0.717) is 35.7 Å². The lowest BCUT2D eigenvalue weighted by Crippen LogP contribution is -2.30. The quantitative estimate of drug-likeness (QED) is 0.363. The summed E-state index contributed by atoms with van der Waals surface area (Å²) in [5.74, 6) is 1.64. The molecule has 0 saturated carbocycles. The number of nitrogen functional groups attached to an aromatic ring is 1. The molecule has 0 spiro atoms. The number of hydrogen-bond donors (Lipinski definition) is 3. The molecular weight excluding hydrogens is 473 g/mol. The topological polar surface area (TPSA) is 98.0 Å². The fourth-order valence-corrected chi connectivity index (χ4v) is 4.55. The first-order valence-electron chi connectivity index (χ1n) is 11.1. The molecule has 0 unspecified atom stereocenters. The number of nitrogens with two attached hydrogens (primary N) is 1. The average molecular weight is 500 g/mol. The van der Waals surface area contributed by atoms with Crippen molar-refractivity contribution in [3.05, 3.63) is 75.7 Å². The second-order valence-electron chi connectivity index (χ2n) is 8.52. The number of halogens is 2. The van der Waals surface area contributed by atoms with Crippen molar-refractivity contribution >= 4 is 40.7 Å². The molecule has 178 valence electrons. The normalized spacial score (nSPS) is 14.1. The maximum absolute atomic E-state index is 12.5. The zero-order valence-corrected chi connectivity index (χ0v) is 20.2. The maximum atomic E-state index is 12.5. The largest absolute Gasteiger partial charge is 0.492 e. The van der Waals surface area contributed by atoms with Crippen molar-refractivity contribution in [2.75, 3.05) is 25.4 Å². The molecule has 4 N–H and O–H groups in total. The Bertz CT molecular complexity index is 1340. The number of fused-ring (bicyclic) bond motifs is 1. The van der Waals surface area contributed by atoms with Crippen molar-refractivity contribution in [3.63, 3.8) is 0 Å². The number of benzene rings is 2. The van der Waals surface area contributed by atoms with Gasteiger partial charge in [0.25, 0.3) is 5.56 Å². The fraction of sp³-hybridized carbons (Fsp3) is 0.280. The Hall–Kier alpha value is -3.00. The first-order chi connectivity index (χ1) is 16.1. The van der Waals surface area contributed by atoms with Crippen LogP contribution in [0.4, 0.5) is 5.82 Å². The predicted octanol–water partition coefficient (Wildman–Crippen LogP) is 4.48. The summed E-state index contributed by atoms with van der Waals surface area (Å²) in [5.41, 5.74) is 9.64. The van der Waals surface area contributed by atoms with E-state index in [2.05, 4.69) is 15.5 Å². The smallest absolute Gasteiger partial charge is 0.250 e. The average Bonchev–Trinajstić information content (AvgIpc) is 3.20. The Balaban J connectivity index is 0.00000274. The van der Waals surface area contributed by atoms with E-state index in [4.69, 9.17) is 22.1 Å². The van der Waals surface area contributed by atoms with Crippen molar-refractivity contribution < 1.29 is 4.74 Å². The Morgan fingerprint density at radius 1 is 1.12 bits per heavy atom. The number of rotatable bonds is 6. The minimum atomic E-state index is -0.0760. The standard InChI is InChI=1S/C25H26ClN5O2.ClH/c26-20-3-1-2-17(10-20)13-31-14-18(4-5-23(31)32)19-11-21-24(25(27)30-29-21)22(12-19)33-15-16-6-8-28-9-7-16;/h1-5,10-12,14,16,28H,6-9,13,15H2,(H3,27,29,30);1H. The number of nitrogens with zero attached hydrogens (tertiary/aromatic N) is 2. The molecule has 34 heavy (non-hydrogen) atoms. The first-order valence-corrected chi connectivity index (χ1v) is 11.5. The van der Waals surface area contributed by atoms with Gasteiger partial charge >= 0.3 is 0 Å². The van der Waals surface area contributed by atoms with Gasteiger partial charge in [-0.2, -0.15) is 5.10 Å². The molecule has 9 heteroatoms. The highest BCUT2D eigenvalue weighted by Crippen LogP contribution is 2.35. The first kappa shape index (κ1) is 24.1. The van der Waals surface area contributed by atoms with Crippen LogP contribution in [-0.4, -0.2) is 34.5 Å². The second kappa shape index (κ2) is 10.5. The van der Waals surface area contributed by atoms with Crippen LogP contribution in [-0.2, 0) is 6.54 Å². The zero-order valence-electron chi connectivity index (χ0n) is 18.6. The lowest BCUT2D eigenvalue weighted by molar-refractivity contribution is 0.217. The van der Waals surface area contributed by atoms with E-state index in [0.717, 1.165) is 53.5 Å². The van der Waals surface area contributed by atoms with Crippen molar-refractivity contribution in [2.24, 2.45) is 5.92 Å². The number of anilines is 1. The van der Waals surface area contributed by atoms with Gasteiger partial charge in [-0.1, -0.05) is 23.7 Å². The highest BCUT2D eigenvalue weighted by molar-refractivity contribution is 6.30. The van der Waals surface area contributed by atoms with Gasteiger partial charge in [0.1, 0.15) is 5.75 Å². The summed E-state index contributed by atoms with van der Waals surface area (Å²) in [6, 6.07) is 14.9. The third-order valence-corrected chi connectivity index (χ3v) is 6.38. The Kier molecular flexibility index (Phi) is 7.46. The van der Waals surface area contributed by atoms with E-state index < -0.39 is 0 Å². The van der Waals surface area contributed by atoms with E-state index in [1.54, 1.807) is 10.6 Å². The van der Waals surface area contributed by atoms with Crippen molar-refractivity contribution in [3.8, 4) is 16.9 Å². The van der Waals surface area contributed by atoms with Crippen LogP contribution in [0.5, 0.6) is 5.75 Å². The number of aromatic nitrogens is 3. The number of pyridine rings is 1. The van der Waals surface area contributed by atoms with Gasteiger partial charge in [0.05, 0.1) is 24.1 Å². The van der Waals surface area contributed by atoms with E-state index in [9.17, 15) is 4.79 Å². The van der Waals surface area contributed by atoms with Gasteiger partial charge in [-0.15, -0.1) is 12.4 Å². The minimum absolute atomic E-state index is 0. The minimum Gasteiger partial charge on any atom is -0.492 e. The molecule has 7 nitrogen and oxygen atoms in total. The van der Waals surface area contributed by atoms with Crippen LogP contribution in [0.1, 0.15) is 18.4 Å². The molecule has 1 saturated heterocycles. The summed E-state index contributed by atoms with van der Waals surface area (Å²) >= 11 is 6.11. The monoisotopic (exact) mass is 499 g/mol. The van der Waals surface area contributed by atoms with Crippen LogP contribution >= 0.6 is 24.0 Å². The van der Waals surface area contributed by atoms with Gasteiger partial charge < -0.3 is 20.4 Å².